The third-order valence-electron chi connectivity index (χ3n) is 4.38. The van der Waals surface area contributed by atoms with Gasteiger partial charge in [-0.05, 0) is 31.4 Å². The topological polar surface area (TPSA) is 56.7 Å². The van der Waals surface area contributed by atoms with Gasteiger partial charge in [-0.1, -0.05) is 26.2 Å². The molecule has 0 bridgehead atoms. The number of aryl methyl sites for hydroxylation is 1. The van der Waals surface area contributed by atoms with Gasteiger partial charge in [-0.25, -0.2) is 9.97 Å². The highest BCUT2D eigenvalue weighted by molar-refractivity contribution is 5.71. The molecule has 0 radical (unpaired) electrons. The van der Waals surface area contributed by atoms with Crippen molar-refractivity contribution in [2.45, 2.75) is 64.0 Å². The van der Waals surface area contributed by atoms with E-state index >= 15 is 0 Å². The lowest BCUT2D eigenvalue weighted by Gasteiger charge is -2.21. The van der Waals surface area contributed by atoms with Crippen LogP contribution >= 0.6 is 0 Å². The summed E-state index contributed by atoms with van der Waals surface area (Å²) >= 11 is 0. The molecule has 0 spiro atoms. The van der Waals surface area contributed by atoms with Crippen LogP contribution < -0.4 is 5.73 Å². The predicted molar refractivity (Wildman–Crippen MR) is 81.6 cm³/mol. The number of hydrogen-bond acceptors (Lipinski definition) is 3. The Morgan fingerprint density at radius 2 is 2.15 bits per heavy atom. The minimum absolute atomic E-state index is 0.241. The monoisotopic (exact) mass is 272 g/mol. The average molecular weight is 272 g/mol. The molecule has 1 saturated carbocycles. The molecule has 1 aliphatic rings. The summed E-state index contributed by atoms with van der Waals surface area (Å²) in [6.07, 6.45) is 9.05. The average Bonchev–Trinajstić information content (AvgIpc) is 2.67. The van der Waals surface area contributed by atoms with Gasteiger partial charge in [-0.3, -0.25) is 0 Å². The first-order valence-corrected chi connectivity index (χ1v) is 7.88. The lowest BCUT2D eigenvalue weighted by molar-refractivity contribution is 0.462. The highest BCUT2D eigenvalue weighted by atomic mass is 15.1. The molecule has 1 fully saturated rings. The molecule has 3 rings (SSSR count). The molecule has 0 aromatic carbocycles. The van der Waals surface area contributed by atoms with Crippen molar-refractivity contribution in [3.8, 4) is 0 Å². The van der Waals surface area contributed by atoms with E-state index in [9.17, 15) is 0 Å². The molecule has 4 nitrogen and oxygen atoms in total. The maximum Gasteiger partial charge on any atom is 0.159 e. The van der Waals surface area contributed by atoms with Gasteiger partial charge in [0.2, 0.25) is 0 Å². The SMILES string of the molecule is CCCn1c(C2CCCCCC2N)nc2cccnc21. The predicted octanol–water partition coefficient (Wildman–Crippen LogP) is 3.22. The normalized spacial score (nSPS) is 23.9. The van der Waals surface area contributed by atoms with Crippen LogP contribution in [0.1, 0.15) is 57.2 Å². The van der Waals surface area contributed by atoms with Gasteiger partial charge in [0.25, 0.3) is 0 Å². The first-order chi connectivity index (χ1) is 9.81. The standard InChI is InChI=1S/C16H24N4/c1-2-11-20-15(12-7-4-3-5-8-13(12)17)19-14-9-6-10-18-16(14)20/h6,9-10,12-13H,2-5,7-8,11,17H2,1H3. The van der Waals surface area contributed by atoms with Crippen molar-refractivity contribution >= 4 is 11.2 Å². The van der Waals surface area contributed by atoms with Crippen molar-refractivity contribution < 1.29 is 0 Å². The molecule has 0 amide bonds. The van der Waals surface area contributed by atoms with Crippen LogP contribution in [0.15, 0.2) is 18.3 Å². The van der Waals surface area contributed by atoms with E-state index < -0.39 is 0 Å². The second-order valence-electron chi connectivity index (χ2n) is 5.88. The maximum absolute atomic E-state index is 6.42. The van der Waals surface area contributed by atoms with Gasteiger partial charge in [0.05, 0.1) is 0 Å². The van der Waals surface area contributed by atoms with Gasteiger partial charge in [0.15, 0.2) is 5.65 Å². The Balaban J connectivity index is 2.06. The Morgan fingerprint density at radius 1 is 1.30 bits per heavy atom. The molecule has 0 saturated heterocycles. The molecular weight excluding hydrogens is 248 g/mol. The molecule has 2 atom stereocenters. The fraction of sp³-hybridized carbons (Fsp3) is 0.625. The van der Waals surface area contributed by atoms with Crippen LogP contribution in [0.4, 0.5) is 0 Å². The third-order valence-corrected chi connectivity index (χ3v) is 4.38. The third kappa shape index (κ3) is 2.44. The van der Waals surface area contributed by atoms with Gasteiger partial charge in [0.1, 0.15) is 11.3 Å². The van der Waals surface area contributed by atoms with Crippen molar-refractivity contribution in [1.29, 1.82) is 0 Å². The Bertz CT molecular complexity index is 575. The van der Waals surface area contributed by atoms with Crippen LogP contribution in [0.25, 0.3) is 11.2 Å². The smallest absolute Gasteiger partial charge is 0.159 e. The zero-order valence-corrected chi connectivity index (χ0v) is 12.3. The molecule has 2 aromatic heterocycles. The molecule has 0 aliphatic heterocycles. The van der Waals surface area contributed by atoms with Crippen LogP contribution in [0, 0.1) is 0 Å². The van der Waals surface area contributed by atoms with Crippen LogP contribution in [0.5, 0.6) is 0 Å². The first kappa shape index (κ1) is 13.6. The number of pyridine rings is 1. The number of rotatable bonds is 3. The molecule has 4 heteroatoms. The molecule has 2 N–H and O–H groups in total. The number of hydrogen-bond donors (Lipinski definition) is 1. The molecule has 2 unspecified atom stereocenters. The van der Waals surface area contributed by atoms with E-state index in [2.05, 4.69) is 22.5 Å². The summed E-state index contributed by atoms with van der Waals surface area (Å²) in [5.41, 5.74) is 8.45. The number of aromatic nitrogens is 3. The lowest BCUT2D eigenvalue weighted by Crippen LogP contribution is -2.29. The minimum Gasteiger partial charge on any atom is -0.327 e. The summed E-state index contributed by atoms with van der Waals surface area (Å²) in [6, 6.07) is 4.26. The fourth-order valence-corrected chi connectivity index (χ4v) is 3.36. The van der Waals surface area contributed by atoms with Crippen molar-refractivity contribution in [2.24, 2.45) is 5.73 Å². The van der Waals surface area contributed by atoms with E-state index in [-0.39, 0.29) is 6.04 Å². The number of fused-ring (bicyclic) bond motifs is 1. The summed E-state index contributed by atoms with van der Waals surface area (Å²) in [6.45, 7) is 3.18. The van der Waals surface area contributed by atoms with Gasteiger partial charge in [-0.2, -0.15) is 0 Å². The van der Waals surface area contributed by atoms with Crippen molar-refractivity contribution in [3.05, 3.63) is 24.2 Å². The summed E-state index contributed by atoms with van der Waals surface area (Å²) in [7, 11) is 0. The van der Waals surface area contributed by atoms with Crippen LogP contribution in [0.3, 0.4) is 0 Å². The number of imidazole rings is 1. The number of nitrogens with two attached hydrogens (primary N) is 1. The Morgan fingerprint density at radius 3 is 3.00 bits per heavy atom. The fourth-order valence-electron chi connectivity index (χ4n) is 3.36. The van der Waals surface area contributed by atoms with E-state index in [1.165, 1.54) is 19.3 Å². The Hall–Kier alpha value is -1.42. The Labute approximate surface area is 120 Å². The molecule has 20 heavy (non-hydrogen) atoms. The summed E-state index contributed by atoms with van der Waals surface area (Å²) in [5, 5.41) is 0. The van der Waals surface area contributed by atoms with Crippen LogP contribution in [-0.2, 0) is 6.54 Å². The van der Waals surface area contributed by atoms with Crippen molar-refractivity contribution in [2.75, 3.05) is 0 Å². The van der Waals surface area contributed by atoms with Crippen LogP contribution in [0.2, 0.25) is 0 Å². The summed E-state index contributed by atoms with van der Waals surface area (Å²) < 4.78 is 2.30. The molecular formula is C16H24N4. The summed E-state index contributed by atoms with van der Waals surface area (Å²) in [4.78, 5) is 9.39. The van der Waals surface area contributed by atoms with Crippen molar-refractivity contribution in [1.82, 2.24) is 14.5 Å². The van der Waals surface area contributed by atoms with E-state index in [0.717, 1.165) is 42.8 Å². The highest BCUT2D eigenvalue weighted by Gasteiger charge is 2.27. The Kier molecular flexibility index (Phi) is 4.01. The number of nitrogens with zero attached hydrogens (tertiary/aromatic N) is 3. The van der Waals surface area contributed by atoms with Gasteiger partial charge in [-0.15, -0.1) is 0 Å². The maximum atomic E-state index is 6.42. The molecule has 1 aliphatic carbocycles. The molecule has 2 aromatic rings. The van der Waals surface area contributed by atoms with Gasteiger partial charge in [0, 0.05) is 24.7 Å². The van der Waals surface area contributed by atoms with E-state index in [4.69, 9.17) is 10.7 Å². The first-order valence-electron chi connectivity index (χ1n) is 7.88. The zero-order chi connectivity index (χ0) is 13.9. The largest absolute Gasteiger partial charge is 0.327 e. The lowest BCUT2D eigenvalue weighted by atomic mass is 9.94. The highest BCUT2D eigenvalue weighted by Crippen LogP contribution is 2.32. The van der Waals surface area contributed by atoms with Crippen molar-refractivity contribution in [3.63, 3.8) is 0 Å². The quantitative estimate of drug-likeness (QED) is 0.873. The van der Waals surface area contributed by atoms with E-state index in [0.29, 0.717) is 5.92 Å². The van der Waals surface area contributed by atoms with Crippen LogP contribution in [-0.4, -0.2) is 20.6 Å². The van der Waals surface area contributed by atoms with E-state index in [1.54, 1.807) is 0 Å². The van der Waals surface area contributed by atoms with Gasteiger partial charge >= 0.3 is 0 Å². The van der Waals surface area contributed by atoms with Gasteiger partial charge < -0.3 is 10.3 Å². The zero-order valence-electron chi connectivity index (χ0n) is 12.3. The molecule has 108 valence electrons. The minimum atomic E-state index is 0.241. The molecule has 2 heterocycles. The summed E-state index contributed by atoms with van der Waals surface area (Å²) in [5.74, 6) is 1.55. The second kappa shape index (κ2) is 5.92. The second-order valence-corrected chi connectivity index (χ2v) is 5.88. The van der Waals surface area contributed by atoms with E-state index in [1.807, 2.05) is 12.3 Å².